The van der Waals surface area contributed by atoms with Crippen LogP contribution in [0.4, 0.5) is 5.69 Å². The van der Waals surface area contributed by atoms with Crippen molar-refractivity contribution in [3.05, 3.63) is 50.6 Å². The molecule has 0 bridgehead atoms. The maximum atomic E-state index is 12.5. The number of anilines is 1. The number of thiophene rings is 1. The lowest BCUT2D eigenvalue weighted by Gasteiger charge is -2.37. The predicted molar refractivity (Wildman–Crippen MR) is 106 cm³/mol. The first-order valence-electron chi connectivity index (χ1n) is 8.29. The third-order valence-electron chi connectivity index (χ3n) is 4.47. The lowest BCUT2D eigenvalue weighted by atomic mass is 10.2. The lowest BCUT2D eigenvalue weighted by Crippen LogP contribution is -2.53. The van der Waals surface area contributed by atoms with Gasteiger partial charge in [-0.1, -0.05) is 35.3 Å². The number of amides is 2. The van der Waals surface area contributed by atoms with Crippen molar-refractivity contribution in [2.24, 2.45) is 0 Å². The van der Waals surface area contributed by atoms with Crippen LogP contribution in [0.5, 0.6) is 0 Å². The lowest BCUT2D eigenvalue weighted by molar-refractivity contribution is -0.121. The van der Waals surface area contributed by atoms with Crippen molar-refractivity contribution in [3.63, 3.8) is 0 Å². The van der Waals surface area contributed by atoms with Crippen LogP contribution in [0, 0.1) is 0 Å². The summed E-state index contributed by atoms with van der Waals surface area (Å²) in [4.78, 5) is 29.6. The molecule has 26 heavy (non-hydrogen) atoms. The molecule has 5 nitrogen and oxygen atoms in total. The molecule has 1 atom stereocenters. The number of carbonyl (C=O) groups is 2. The number of hydrogen-bond acceptors (Lipinski definition) is 4. The van der Waals surface area contributed by atoms with Crippen LogP contribution in [0.2, 0.25) is 10.0 Å². The number of carbonyl (C=O) groups excluding carboxylic acids is 2. The van der Waals surface area contributed by atoms with Gasteiger partial charge in [0.15, 0.2) is 0 Å². The van der Waals surface area contributed by atoms with E-state index in [1.54, 1.807) is 18.2 Å². The average molecular weight is 412 g/mol. The van der Waals surface area contributed by atoms with Crippen molar-refractivity contribution >= 4 is 52.0 Å². The highest BCUT2D eigenvalue weighted by Crippen LogP contribution is 2.29. The Bertz CT molecular complexity index is 790. The number of rotatable bonds is 4. The minimum atomic E-state index is -0.330. The molecule has 1 aliphatic rings. The van der Waals surface area contributed by atoms with Gasteiger partial charge < -0.3 is 10.2 Å². The molecule has 1 N–H and O–H groups in total. The molecule has 1 aromatic heterocycles. The van der Waals surface area contributed by atoms with E-state index in [1.807, 2.05) is 29.3 Å². The van der Waals surface area contributed by atoms with Crippen molar-refractivity contribution in [1.82, 2.24) is 9.80 Å². The Morgan fingerprint density at radius 2 is 1.85 bits per heavy atom. The quantitative estimate of drug-likeness (QED) is 0.831. The summed E-state index contributed by atoms with van der Waals surface area (Å²) in [6.45, 7) is 4.35. The highest BCUT2D eigenvalue weighted by atomic mass is 35.5. The Morgan fingerprint density at radius 3 is 2.50 bits per heavy atom. The van der Waals surface area contributed by atoms with E-state index in [9.17, 15) is 9.59 Å². The largest absolute Gasteiger partial charge is 0.335 e. The number of nitrogens with one attached hydrogen (secondary N) is 1. The van der Waals surface area contributed by atoms with Crippen LogP contribution in [0.3, 0.4) is 0 Å². The second kappa shape index (κ2) is 8.39. The first-order chi connectivity index (χ1) is 12.5. The number of hydrogen-bond donors (Lipinski definition) is 1. The normalized spacial score (nSPS) is 16.3. The van der Waals surface area contributed by atoms with Crippen LogP contribution in [0.25, 0.3) is 0 Å². The molecule has 0 aliphatic carbocycles. The van der Waals surface area contributed by atoms with Gasteiger partial charge in [0.25, 0.3) is 5.91 Å². The van der Waals surface area contributed by atoms with Crippen LogP contribution < -0.4 is 5.32 Å². The Kier molecular flexibility index (Phi) is 6.19. The van der Waals surface area contributed by atoms with E-state index in [1.165, 1.54) is 11.3 Å². The Hall–Kier alpha value is -1.60. The number of halogens is 2. The molecular weight excluding hydrogens is 393 g/mol. The van der Waals surface area contributed by atoms with E-state index < -0.39 is 0 Å². The van der Waals surface area contributed by atoms with Gasteiger partial charge in [0, 0.05) is 26.2 Å². The topological polar surface area (TPSA) is 52.7 Å². The van der Waals surface area contributed by atoms with Gasteiger partial charge in [-0.2, -0.15) is 0 Å². The monoisotopic (exact) mass is 411 g/mol. The van der Waals surface area contributed by atoms with E-state index in [0.717, 1.165) is 4.88 Å². The van der Waals surface area contributed by atoms with E-state index >= 15 is 0 Å². The van der Waals surface area contributed by atoms with E-state index in [4.69, 9.17) is 23.2 Å². The van der Waals surface area contributed by atoms with Crippen LogP contribution in [-0.4, -0.2) is 53.8 Å². The van der Waals surface area contributed by atoms with Gasteiger partial charge in [-0.05, 0) is 30.5 Å². The Labute approximate surface area is 166 Å². The molecule has 8 heteroatoms. The first kappa shape index (κ1) is 19.2. The van der Waals surface area contributed by atoms with E-state index in [2.05, 4.69) is 10.2 Å². The van der Waals surface area contributed by atoms with Crippen molar-refractivity contribution in [2.75, 3.05) is 31.5 Å². The minimum Gasteiger partial charge on any atom is -0.335 e. The van der Waals surface area contributed by atoms with Gasteiger partial charge in [-0.3, -0.25) is 14.5 Å². The van der Waals surface area contributed by atoms with Crippen molar-refractivity contribution < 1.29 is 9.59 Å². The maximum absolute atomic E-state index is 12.5. The molecule has 2 aromatic rings. The summed E-state index contributed by atoms with van der Waals surface area (Å²) in [6.07, 6.45) is 0. The number of nitrogens with zero attached hydrogens (tertiary/aromatic N) is 2. The zero-order valence-corrected chi connectivity index (χ0v) is 16.6. The van der Waals surface area contributed by atoms with Crippen LogP contribution in [0.1, 0.15) is 16.6 Å². The number of benzene rings is 1. The summed E-state index contributed by atoms with van der Waals surface area (Å²) in [5.74, 6) is -0.0883. The molecule has 0 spiro atoms. The van der Waals surface area contributed by atoms with Crippen molar-refractivity contribution in [3.8, 4) is 0 Å². The fourth-order valence-electron chi connectivity index (χ4n) is 2.87. The Balaban J connectivity index is 1.56. The molecule has 0 radical (unpaired) electrons. The van der Waals surface area contributed by atoms with Gasteiger partial charge in [0.2, 0.25) is 5.91 Å². The molecule has 1 aromatic carbocycles. The average Bonchev–Trinajstić information content (AvgIpc) is 3.19. The summed E-state index contributed by atoms with van der Waals surface area (Å²) in [6, 6.07) is 8.52. The summed E-state index contributed by atoms with van der Waals surface area (Å²) < 4.78 is 0. The van der Waals surface area contributed by atoms with Gasteiger partial charge in [-0.25, -0.2) is 0 Å². The minimum absolute atomic E-state index is 0.0578. The summed E-state index contributed by atoms with van der Waals surface area (Å²) in [5, 5.41) is 5.46. The molecule has 1 aliphatic heterocycles. The van der Waals surface area contributed by atoms with Crippen LogP contribution in [0.15, 0.2) is 35.7 Å². The van der Waals surface area contributed by atoms with Gasteiger partial charge in [0.05, 0.1) is 26.7 Å². The van der Waals surface area contributed by atoms with Gasteiger partial charge in [-0.15, -0.1) is 11.3 Å². The van der Waals surface area contributed by atoms with Gasteiger partial charge >= 0.3 is 0 Å². The molecule has 1 fully saturated rings. The summed E-state index contributed by atoms with van der Waals surface area (Å²) in [5.41, 5.74) is 0.502. The summed E-state index contributed by atoms with van der Waals surface area (Å²) >= 11 is 13.6. The predicted octanol–water partition coefficient (Wildman–Crippen LogP) is 3.84. The van der Waals surface area contributed by atoms with Crippen molar-refractivity contribution in [2.45, 2.75) is 13.0 Å². The highest BCUT2D eigenvalue weighted by molar-refractivity contribution is 7.12. The Morgan fingerprint density at radius 1 is 1.12 bits per heavy atom. The van der Waals surface area contributed by atoms with Crippen LogP contribution in [-0.2, 0) is 4.79 Å². The molecule has 3 rings (SSSR count). The smallest absolute Gasteiger partial charge is 0.264 e. The molecule has 0 saturated carbocycles. The first-order valence-corrected chi connectivity index (χ1v) is 9.92. The van der Waals surface area contributed by atoms with Crippen molar-refractivity contribution in [1.29, 1.82) is 0 Å². The molecular formula is C18H19Cl2N3O2S. The third kappa shape index (κ3) is 4.20. The second-order valence-corrected chi connectivity index (χ2v) is 7.80. The zero-order chi connectivity index (χ0) is 18.7. The number of piperazine rings is 1. The SMILES string of the molecule is CC(C(=O)Nc1cccc(Cl)c1Cl)N1CCN(C(=O)c2cccs2)CC1. The van der Waals surface area contributed by atoms with E-state index in [0.29, 0.717) is 41.9 Å². The summed E-state index contributed by atoms with van der Waals surface area (Å²) in [7, 11) is 0. The highest BCUT2D eigenvalue weighted by Gasteiger charge is 2.28. The second-order valence-electron chi connectivity index (χ2n) is 6.07. The molecule has 2 amide bonds. The zero-order valence-electron chi connectivity index (χ0n) is 14.2. The molecule has 1 saturated heterocycles. The van der Waals surface area contributed by atoms with Gasteiger partial charge in [0.1, 0.15) is 0 Å². The maximum Gasteiger partial charge on any atom is 0.264 e. The van der Waals surface area contributed by atoms with Crippen LogP contribution >= 0.6 is 34.5 Å². The molecule has 1 unspecified atom stereocenters. The fourth-order valence-corrected chi connectivity index (χ4v) is 3.91. The standard InChI is InChI=1S/C18H19Cl2N3O2S/c1-12(17(24)21-14-5-2-4-13(19)16(14)20)22-7-9-23(10-8-22)18(25)15-6-3-11-26-15/h2-6,11-12H,7-10H2,1H3,(H,21,24). The van der Waals surface area contributed by atoms with E-state index in [-0.39, 0.29) is 17.9 Å². The molecule has 138 valence electrons. The fraction of sp³-hybridized carbons (Fsp3) is 0.333. The third-order valence-corrected chi connectivity index (χ3v) is 6.15. The molecule has 2 heterocycles.